The van der Waals surface area contributed by atoms with Crippen LogP contribution in [0.2, 0.25) is 0 Å². The van der Waals surface area contributed by atoms with E-state index in [9.17, 15) is 13.2 Å². The molecule has 0 radical (unpaired) electrons. The van der Waals surface area contributed by atoms with Gasteiger partial charge in [-0.3, -0.25) is 4.79 Å². The number of nitrogens with one attached hydrogen (secondary N) is 2. The van der Waals surface area contributed by atoms with Gasteiger partial charge in [-0.25, -0.2) is 13.1 Å². The molecule has 124 valence electrons. The van der Waals surface area contributed by atoms with Gasteiger partial charge in [0.15, 0.2) is 0 Å². The molecule has 10 heteroatoms. The number of amides is 1. The molecule has 9 nitrogen and oxygen atoms in total. The first-order chi connectivity index (χ1) is 10.8. The fourth-order valence-corrected chi connectivity index (χ4v) is 2.74. The van der Waals surface area contributed by atoms with Crippen LogP contribution in [0, 0.1) is 5.92 Å². The first kappa shape index (κ1) is 16.9. The number of aromatic nitrogens is 4. The fourth-order valence-electron chi connectivity index (χ4n) is 1.80. The summed E-state index contributed by atoms with van der Waals surface area (Å²) in [5.41, 5.74) is 0.534. The van der Waals surface area contributed by atoms with Gasteiger partial charge < -0.3 is 5.32 Å². The van der Waals surface area contributed by atoms with E-state index in [1.54, 1.807) is 0 Å². The zero-order chi connectivity index (χ0) is 17.0. The van der Waals surface area contributed by atoms with Crippen LogP contribution in [0.3, 0.4) is 0 Å². The van der Waals surface area contributed by atoms with Gasteiger partial charge in [0.1, 0.15) is 0 Å². The summed E-state index contributed by atoms with van der Waals surface area (Å²) in [7, 11) is -2.28. The van der Waals surface area contributed by atoms with Gasteiger partial charge in [-0.05, 0) is 35.4 Å². The van der Waals surface area contributed by atoms with Gasteiger partial charge in [-0.2, -0.15) is 4.80 Å². The Bertz CT molecular complexity index is 782. The first-order valence-corrected chi connectivity index (χ1v) is 8.41. The highest BCUT2D eigenvalue weighted by molar-refractivity contribution is 7.92. The van der Waals surface area contributed by atoms with Crippen molar-refractivity contribution in [3.8, 4) is 0 Å². The monoisotopic (exact) mass is 338 g/mol. The van der Waals surface area contributed by atoms with Crippen molar-refractivity contribution in [3.05, 3.63) is 24.3 Å². The van der Waals surface area contributed by atoms with Crippen LogP contribution in [0.1, 0.15) is 20.3 Å². The van der Waals surface area contributed by atoms with Gasteiger partial charge in [-0.15, -0.1) is 5.10 Å². The van der Waals surface area contributed by atoms with E-state index in [1.807, 2.05) is 13.8 Å². The zero-order valence-electron chi connectivity index (χ0n) is 13.0. The van der Waals surface area contributed by atoms with Crippen LogP contribution in [0.25, 0.3) is 0 Å². The van der Waals surface area contributed by atoms with Crippen molar-refractivity contribution in [1.82, 2.24) is 20.2 Å². The van der Waals surface area contributed by atoms with Crippen molar-refractivity contribution in [1.29, 1.82) is 0 Å². The van der Waals surface area contributed by atoms with Crippen molar-refractivity contribution in [2.75, 3.05) is 10.0 Å². The molecule has 0 aliphatic rings. The number of rotatable bonds is 6. The molecule has 0 aliphatic carbocycles. The molecule has 1 heterocycles. The maximum atomic E-state index is 12.2. The number of anilines is 2. The third-order valence-corrected chi connectivity index (χ3v) is 4.12. The van der Waals surface area contributed by atoms with Crippen molar-refractivity contribution in [2.45, 2.75) is 25.2 Å². The van der Waals surface area contributed by atoms with Gasteiger partial charge in [-0.1, -0.05) is 18.9 Å². The van der Waals surface area contributed by atoms with Gasteiger partial charge in [0.25, 0.3) is 16.0 Å². The SMILES string of the molecule is CC(C)CC(=O)Nc1ccc(S(=O)(=O)Nc2nnn(C)n2)cc1. The molecule has 0 unspecified atom stereocenters. The van der Waals surface area contributed by atoms with Crippen LogP contribution in [-0.2, 0) is 21.9 Å². The summed E-state index contributed by atoms with van der Waals surface area (Å²) in [6, 6.07) is 5.83. The minimum atomic E-state index is -3.81. The Morgan fingerprint density at radius 1 is 1.26 bits per heavy atom. The van der Waals surface area contributed by atoms with Crippen molar-refractivity contribution < 1.29 is 13.2 Å². The summed E-state index contributed by atoms with van der Waals surface area (Å²) >= 11 is 0. The van der Waals surface area contributed by atoms with Crippen LogP contribution < -0.4 is 10.0 Å². The second kappa shape index (κ2) is 6.73. The molecule has 0 saturated heterocycles. The zero-order valence-corrected chi connectivity index (χ0v) is 13.8. The minimum absolute atomic E-state index is 0.0341. The Labute approximate surface area is 134 Å². The standard InChI is InChI=1S/C13H18N6O3S/c1-9(2)8-12(20)14-10-4-6-11(7-5-10)23(21,22)17-13-15-18-19(3)16-13/h4-7,9H,8H2,1-3H3,(H,14,20)(H,16,17). The van der Waals surface area contributed by atoms with E-state index in [2.05, 4.69) is 25.4 Å². The molecule has 0 bridgehead atoms. The Hall–Kier alpha value is -2.49. The Morgan fingerprint density at radius 2 is 1.91 bits per heavy atom. The third kappa shape index (κ3) is 4.74. The second-order valence-corrected chi connectivity index (χ2v) is 7.06. The number of nitrogens with zero attached hydrogens (tertiary/aromatic N) is 4. The highest BCUT2D eigenvalue weighted by Crippen LogP contribution is 2.16. The Balaban J connectivity index is 2.07. The second-order valence-electron chi connectivity index (χ2n) is 5.38. The van der Waals surface area contributed by atoms with E-state index in [4.69, 9.17) is 0 Å². The molecule has 2 rings (SSSR count). The fraction of sp³-hybridized carbons (Fsp3) is 0.385. The maximum Gasteiger partial charge on any atom is 0.277 e. The van der Waals surface area contributed by atoms with Crippen LogP contribution in [-0.4, -0.2) is 34.5 Å². The number of hydrogen-bond donors (Lipinski definition) is 2. The summed E-state index contributed by atoms with van der Waals surface area (Å²) in [4.78, 5) is 12.9. The molecular formula is C13H18N6O3S. The lowest BCUT2D eigenvalue weighted by Crippen LogP contribution is -2.15. The van der Waals surface area contributed by atoms with E-state index in [0.717, 1.165) is 4.80 Å². The molecule has 1 aromatic heterocycles. The number of carbonyl (C=O) groups excluding carboxylic acids is 1. The van der Waals surface area contributed by atoms with Crippen molar-refractivity contribution in [2.24, 2.45) is 13.0 Å². The molecule has 0 aliphatic heterocycles. The lowest BCUT2D eigenvalue weighted by Gasteiger charge is -2.08. The molecule has 1 aromatic carbocycles. The van der Waals surface area contributed by atoms with E-state index in [1.165, 1.54) is 31.3 Å². The van der Waals surface area contributed by atoms with Gasteiger partial charge in [0.2, 0.25) is 5.91 Å². The lowest BCUT2D eigenvalue weighted by atomic mass is 10.1. The van der Waals surface area contributed by atoms with Gasteiger partial charge in [0.05, 0.1) is 11.9 Å². The summed E-state index contributed by atoms with van der Waals surface area (Å²) < 4.78 is 26.6. The van der Waals surface area contributed by atoms with E-state index in [-0.39, 0.29) is 22.7 Å². The molecular weight excluding hydrogens is 320 g/mol. The molecule has 0 spiro atoms. The molecule has 2 N–H and O–H groups in total. The van der Waals surface area contributed by atoms with Crippen molar-refractivity contribution in [3.63, 3.8) is 0 Å². The first-order valence-electron chi connectivity index (χ1n) is 6.93. The molecule has 0 fully saturated rings. The maximum absolute atomic E-state index is 12.2. The highest BCUT2D eigenvalue weighted by Gasteiger charge is 2.17. The number of hydrogen-bond acceptors (Lipinski definition) is 6. The average Bonchev–Trinajstić information content (AvgIpc) is 2.83. The highest BCUT2D eigenvalue weighted by atomic mass is 32.2. The lowest BCUT2D eigenvalue weighted by molar-refractivity contribution is -0.116. The van der Waals surface area contributed by atoms with Crippen molar-refractivity contribution >= 4 is 27.6 Å². The number of carbonyl (C=O) groups is 1. The molecule has 0 atom stereocenters. The van der Waals surface area contributed by atoms with Crippen LogP contribution >= 0.6 is 0 Å². The van der Waals surface area contributed by atoms with E-state index >= 15 is 0 Å². The van der Waals surface area contributed by atoms with Gasteiger partial charge in [0, 0.05) is 12.1 Å². The number of benzene rings is 1. The van der Waals surface area contributed by atoms with Crippen LogP contribution in [0.4, 0.5) is 11.6 Å². The quantitative estimate of drug-likeness (QED) is 0.811. The third-order valence-electron chi connectivity index (χ3n) is 2.78. The molecule has 1 amide bonds. The number of aryl methyl sites for hydroxylation is 1. The summed E-state index contributed by atoms with van der Waals surface area (Å²) in [6.07, 6.45) is 0.403. The molecule has 23 heavy (non-hydrogen) atoms. The Kier molecular flexibility index (Phi) is 4.94. The van der Waals surface area contributed by atoms with E-state index < -0.39 is 10.0 Å². The summed E-state index contributed by atoms with van der Waals surface area (Å²) in [6.45, 7) is 3.89. The summed E-state index contributed by atoms with van der Waals surface area (Å²) in [5, 5.41) is 13.6. The summed E-state index contributed by atoms with van der Waals surface area (Å²) in [5.74, 6) is 0.0256. The molecule has 2 aromatic rings. The molecule has 0 saturated carbocycles. The smallest absolute Gasteiger partial charge is 0.277 e. The average molecular weight is 338 g/mol. The Morgan fingerprint density at radius 3 is 2.43 bits per heavy atom. The number of sulfonamides is 1. The normalized spacial score (nSPS) is 11.5. The topological polar surface area (TPSA) is 119 Å². The van der Waals surface area contributed by atoms with Crippen LogP contribution in [0.5, 0.6) is 0 Å². The minimum Gasteiger partial charge on any atom is -0.326 e. The predicted molar refractivity (Wildman–Crippen MR) is 84.1 cm³/mol. The largest absolute Gasteiger partial charge is 0.326 e. The van der Waals surface area contributed by atoms with Gasteiger partial charge >= 0.3 is 0 Å². The predicted octanol–water partition coefficient (Wildman–Crippen LogP) is 0.995. The van der Waals surface area contributed by atoms with Crippen LogP contribution in [0.15, 0.2) is 29.2 Å². The number of tetrazole rings is 1. The van der Waals surface area contributed by atoms with E-state index in [0.29, 0.717) is 12.1 Å².